The standard InChI is InChI=1S/C17H23NO2/c1-12-7-15-16(20-11-17(4-5-17)10-19-15)9-13(12)8-14-3-2-6-18-14/h7,9,14,18H,2-6,8,10-11H2,1H3. The molecule has 20 heavy (non-hydrogen) atoms. The van der Waals surface area contributed by atoms with E-state index in [0.717, 1.165) is 37.7 Å². The Labute approximate surface area is 120 Å². The highest BCUT2D eigenvalue weighted by Crippen LogP contribution is 2.49. The summed E-state index contributed by atoms with van der Waals surface area (Å²) in [4.78, 5) is 0. The first-order chi connectivity index (χ1) is 9.74. The predicted molar refractivity (Wildman–Crippen MR) is 78.6 cm³/mol. The molecule has 2 aliphatic heterocycles. The van der Waals surface area contributed by atoms with E-state index in [4.69, 9.17) is 9.47 Å². The molecule has 3 aliphatic rings. The molecule has 1 atom stereocenters. The fraction of sp³-hybridized carbons (Fsp3) is 0.647. The predicted octanol–water partition coefficient (Wildman–Crippen LogP) is 2.84. The first kappa shape index (κ1) is 12.5. The molecule has 1 saturated heterocycles. The molecule has 1 unspecified atom stereocenters. The Morgan fingerprint density at radius 3 is 2.60 bits per heavy atom. The van der Waals surface area contributed by atoms with Gasteiger partial charge in [-0.25, -0.2) is 0 Å². The minimum atomic E-state index is 0.320. The van der Waals surface area contributed by atoms with Gasteiger partial charge < -0.3 is 14.8 Å². The van der Waals surface area contributed by atoms with Crippen molar-refractivity contribution < 1.29 is 9.47 Å². The Bertz CT molecular complexity index is 516. The average Bonchev–Trinajstić information content (AvgIpc) is 3.08. The molecule has 3 nitrogen and oxygen atoms in total. The summed E-state index contributed by atoms with van der Waals surface area (Å²) in [6, 6.07) is 5.01. The van der Waals surface area contributed by atoms with Gasteiger partial charge in [0.15, 0.2) is 11.5 Å². The lowest BCUT2D eigenvalue weighted by Crippen LogP contribution is -2.24. The fourth-order valence-electron chi connectivity index (χ4n) is 3.31. The van der Waals surface area contributed by atoms with Crippen molar-refractivity contribution >= 4 is 0 Å². The summed E-state index contributed by atoms with van der Waals surface area (Å²) in [5, 5.41) is 3.58. The maximum Gasteiger partial charge on any atom is 0.161 e. The van der Waals surface area contributed by atoms with E-state index in [9.17, 15) is 0 Å². The zero-order chi connectivity index (χ0) is 13.6. The summed E-state index contributed by atoms with van der Waals surface area (Å²) in [6.45, 7) is 5.00. The molecule has 2 heterocycles. The lowest BCUT2D eigenvalue weighted by atomic mass is 9.99. The number of rotatable bonds is 2. The van der Waals surface area contributed by atoms with Crippen LogP contribution in [0.15, 0.2) is 12.1 Å². The Hall–Kier alpha value is -1.22. The van der Waals surface area contributed by atoms with E-state index in [2.05, 4.69) is 24.4 Å². The molecule has 2 fully saturated rings. The molecule has 108 valence electrons. The Morgan fingerprint density at radius 2 is 1.95 bits per heavy atom. The van der Waals surface area contributed by atoms with Gasteiger partial charge in [-0.05, 0) is 68.8 Å². The zero-order valence-electron chi connectivity index (χ0n) is 12.2. The molecule has 1 saturated carbocycles. The lowest BCUT2D eigenvalue weighted by molar-refractivity contribution is 0.197. The van der Waals surface area contributed by atoms with E-state index in [1.165, 1.54) is 36.8 Å². The molecule has 0 aromatic heterocycles. The van der Waals surface area contributed by atoms with Gasteiger partial charge in [0, 0.05) is 11.5 Å². The van der Waals surface area contributed by atoms with Crippen LogP contribution < -0.4 is 14.8 Å². The van der Waals surface area contributed by atoms with Crippen LogP contribution in [-0.4, -0.2) is 25.8 Å². The molecule has 1 aliphatic carbocycles. The summed E-state index contributed by atoms with van der Waals surface area (Å²) in [5.74, 6) is 1.89. The molecule has 1 N–H and O–H groups in total. The second kappa shape index (κ2) is 4.66. The summed E-state index contributed by atoms with van der Waals surface area (Å²) in [7, 11) is 0. The first-order valence-corrected chi connectivity index (χ1v) is 7.87. The van der Waals surface area contributed by atoms with Crippen LogP contribution in [0, 0.1) is 12.3 Å². The maximum atomic E-state index is 6.04. The maximum absolute atomic E-state index is 6.04. The van der Waals surface area contributed by atoms with Gasteiger partial charge >= 0.3 is 0 Å². The normalized spacial score (nSPS) is 26.6. The minimum absolute atomic E-state index is 0.320. The first-order valence-electron chi connectivity index (χ1n) is 7.87. The summed E-state index contributed by atoms with van der Waals surface area (Å²) >= 11 is 0. The van der Waals surface area contributed by atoms with Crippen LogP contribution in [0.5, 0.6) is 11.5 Å². The van der Waals surface area contributed by atoms with E-state index in [0.29, 0.717) is 11.5 Å². The van der Waals surface area contributed by atoms with Gasteiger partial charge in [0.1, 0.15) is 0 Å². The van der Waals surface area contributed by atoms with Gasteiger partial charge in [0.2, 0.25) is 0 Å². The van der Waals surface area contributed by atoms with Crippen molar-refractivity contribution in [3.05, 3.63) is 23.3 Å². The Balaban J connectivity index is 1.57. The molecule has 4 rings (SSSR count). The van der Waals surface area contributed by atoms with Crippen LogP contribution in [0.3, 0.4) is 0 Å². The van der Waals surface area contributed by atoms with Crippen molar-refractivity contribution in [2.75, 3.05) is 19.8 Å². The average molecular weight is 273 g/mol. The fourth-order valence-corrected chi connectivity index (χ4v) is 3.31. The molecule has 0 amide bonds. The van der Waals surface area contributed by atoms with Gasteiger partial charge in [-0.15, -0.1) is 0 Å². The Kier molecular flexibility index (Phi) is 2.92. The molecule has 0 radical (unpaired) electrons. The SMILES string of the molecule is Cc1cc2c(cc1CC1CCCN1)OCC1(CC1)CO2. The highest BCUT2D eigenvalue weighted by Gasteiger charge is 2.46. The highest BCUT2D eigenvalue weighted by molar-refractivity contribution is 5.48. The van der Waals surface area contributed by atoms with E-state index in [-0.39, 0.29) is 0 Å². The van der Waals surface area contributed by atoms with Crippen molar-refractivity contribution in [2.24, 2.45) is 5.41 Å². The molecule has 1 aromatic rings. The van der Waals surface area contributed by atoms with Gasteiger partial charge in [0.05, 0.1) is 13.2 Å². The van der Waals surface area contributed by atoms with E-state index in [1.807, 2.05) is 0 Å². The van der Waals surface area contributed by atoms with Crippen LogP contribution >= 0.6 is 0 Å². The summed E-state index contributed by atoms with van der Waals surface area (Å²) in [6.07, 6.45) is 6.19. The topological polar surface area (TPSA) is 30.5 Å². The number of benzene rings is 1. The van der Waals surface area contributed by atoms with Crippen LogP contribution in [0.25, 0.3) is 0 Å². The van der Waals surface area contributed by atoms with E-state index in [1.54, 1.807) is 0 Å². The van der Waals surface area contributed by atoms with Gasteiger partial charge in [0.25, 0.3) is 0 Å². The minimum Gasteiger partial charge on any atom is -0.489 e. The van der Waals surface area contributed by atoms with Crippen molar-refractivity contribution in [1.82, 2.24) is 5.32 Å². The molecule has 3 heteroatoms. The van der Waals surface area contributed by atoms with Gasteiger partial charge in [-0.2, -0.15) is 0 Å². The van der Waals surface area contributed by atoms with E-state index < -0.39 is 0 Å². The smallest absolute Gasteiger partial charge is 0.161 e. The number of nitrogens with one attached hydrogen (secondary N) is 1. The molecule has 1 spiro atoms. The third kappa shape index (κ3) is 2.28. The van der Waals surface area contributed by atoms with Crippen molar-refractivity contribution in [3.8, 4) is 11.5 Å². The number of hydrogen-bond donors (Lipinski definition) is 1. The Morgan fingerprint density at radius 1 is 1.20 bits per heavy atom. The van der Waals surface area contributed by atoms with Crippen LogP contribution in [0.1, 0.15) is 36.8 Å². The number of hydrogen-bond acceptors (Lipinski definition) is 3. The third-order valence-corrected chi connectivity index (χ3v) is 5.06. The second-order valence-corrected chi connectivity index (χ2v) is 6.80. The molecule has 0 bridgehead atoms. The van der Waals surface area contributed by atoms with Gasteiger partial charge in [-0.3, -0.25) is 0 Å². The van der Waals surface area contributed by atoms with E-state index >= 15 is 0 Å². The second-order valence-electron chi connectivity index (χ2n) is 6.80. The van der Waals surface area contributed by atoms with Crippen molar-refractivity contribution in [3.63, 3.8) is 0 Å². The highest BCUT2D eigenvalue weighted by atomic mass is 16.5. The zero-order valence-corrected chi connectivity index (χ0v) is 12.2. The molecular formula is C17H23NO2. The summed E-state index contributed by atoms with van der Waals surface area (Å²) in [5.41, 5.74) is 3.05. The summed E-state index contributed by atoms with van der Waals surface area (Å²) < 4.78 is 12.0. The van der Waals surface area contributed by atoms with Gasteiger partial charge in [-0.1, -0.05) is 0 Å². The number of ether oxygens (including phenoxy) is 2. The van der Waals surface area contributed by atoms with Crippen LogP contribution in [0.2, 0.25) is 0 Å². The quantitative estimate of drug-likeness (QED) is 0.899. The third-order valence-electron chi connectivity index (χ3n) is 5.06. The largest absolute Gasteiger partial charge is 0.489 e. The molecular weight excluding hydrogens is 250 g/mol. The number of aryl methyl sites for hydroxylation is 1. The van der Waals surface area contributed by atoms with Crippen molar-refractivity contribution in [1.29, 1.82) is 0 Å². The van der Waals surface area contributed by atoms with Crippen LogP contribution in [-0.2, 0) is 6.42 Å². The van der Waals surface area contributed by atoms with Crippen molar-refractivity contribution in [2.45, 2.75) is 45.1 Å². The lowest BCUT2D eigenvalue weighted by Gasteiger charge is -2.15. The molecule has 1 aromatic carbocycles. The van der Waals surface area contributed by atoms with Crippen LogP contribution in [0.4, 0.5) is 0 Å². The monoisotopic (exact) mass is 273 g/mol. The number of fused-ring (bicyclic) bond motifs is 1.